The summed E-state index contributed by atoms with van der Waals surface area (Å²) in [6.07, 6.45) is -0.0245. The highest BCUT2D eigenvalue weighted by molar-refractivity contribution is 6.33. The number of halogens is 4. The molecule has 1 aliphatic rings. The van der Waals surface area contributed by atoms with Crippen molar-refractivity contribution in [3.8, 4) is 0 Å². The molecule has 1 aliphatic heterocycles. The number of likely N-dealkylation sites (tertiary alicyclic amines) is 1. The highest BCUT2D eigenvalue weighted by Gasteiger charge is 2.34. The number of hydrogen-bond acceptors (Lipinski definition) is 4. The molecule has 1 saturated heterocycles. The van der Waals surface area contributed by atoms with Gasteiger partial charge in [0.1, 0.15) is 5.69 Å². The number of nitrogens with two attached hydrogens (primary N) is 1. The van der Waals surface area contributed by atoms with Crippen LogP contribution in [0.25, 0.3) is 0 Å². The molecule has 1 amide bonds. The molecule has 0 spiro atoms. The third kappa shape index (κ3) is 5.66. The van der Waals surface area contributed by atoms with Crippen LogP contribution in [0.5, 0.6) is 0 Å². The number of anilines is 1. The van der Waals surface area contributed by atoms with Gasteiger partial charge in [0.05, 0.1) is 10.7 Å². The summed E-state index contributed by atoms with van der Waals surface area (Å²) in [5.74, 6) is -0.588. The van der Waals surface area contributed by atoms with Gasteiger partial charge in [0.2, 0.25) is 0 Å². The van der Waals surface area contributed by atoms with E-state index in [0.717, 1.165) is 32.0 Å². The van der Waals surface area contributed by atoms with E-state index in [9.17, 15) is 18.0 Å². The van der Waals surface area contributed by atoms with Crippen molar-refractivity contribution in [3.05, 3.63) is 46.2 Å². The van der Waals surface area contributed by atoms with E-state index in [4.69, 9.17) is 17.3 Å². The van der Waals surface area contributed by atoms with E-state index in [0.29, 0.717) is 29.4 Å². The van der Waals surface area contributed by atoms with Crippen LogP contribution in [0, 0.1) is 0 Å². The Kier molecular flexibility index (Phi) is 7.25. The van der Waals surface area contributed by atoms with Gasteiger partial charge in [-0.25, -0.2) is 0 Å². The Bertz CT molecular complexity index is 862. The fourth-order valence-corrected chi connectivity index (χ4v) is 3.73. The normalized spacial score (nSPS) is 15.7. The number of carbonyl (C=O) groups is 1. The summed E-state index contributed by atoms with van der Waals surface area (Å²) in [6.45, 7) is 2.99. The van der Waals surface area contributed by atoms with Gasteiger partial charge < -0.3 is 15.5 Å². The van der Waals surface area contributed by atoms with Crippen LogP contribution in [0.4, 0.5) is 18.9 Å². The van der Waals surface area contributed by atoms with Crippen molar-refractivity contribution in [1.29, 1.82) is 0 Å². The first kappa shape index (κ1) is 22.4. The van der Waals surface area contributed by atoms with Crippen LogP contribution in [-0.4, -0.2) is 52.1 Å². The molecule has 0 atom stereocenters. The van der Waals surface area contributed by atoms with Crippen molar-refractivity contribution < 1.29 is 18.0 Å². The predicted molar refractivity (Wildman–Crippen MR) is 109 cm³/mol. The molecule has 3 N–H and O–H groups in total. The first-order valence-corrected chi connectivity index (χ1v) is 10.3. The fraction of sp³-hybridized carbons (Fsp3) is 0.500. The molecule has 0 bridgehead atoms. The van der Waals surface area contributed by atoms with Crippen molar-refractivity contribution in [2.75, 3.05) is 31.9 Å². The summed E-state index contributed by atoms with van der Waals surface area (Å²) in [7, 11) is 0. The molecule has 1 aromatic carbocycles. The van der Waals surface area contributed by atoms with Gasteiger partial charge in [-0.1, -0.05) is 36.6 Å². The van der Waals surface area contributed by atoms with Crippen LogP contribution < -0.4 is 5.73 Å². The van der Waals surface area contributed by atoms with Crippen molar-refractivity contribution >= 4 is 23.2 Å². The maximum absolute atomic E-state index is 13.0. The minimum atomic E-state index is -4.60. The van der Waals surface area contributed by atoms with Crippen LogP contribution in [0.1, 0.15) is 47.4 Å². The van der Waals surface area contributed by atoms with E-state index in [2.05, 4.69) is 10.00 Å². The van der Waals surface area contributed by atoms with E-state index in [1.54, 1.807) is 18.2 Å². The molecular formula is C20H25ClF3N5O. The first-order valence-electron chi connectivity index (χ1n) is 9.93. The number of hydrogen-bond donors (Lipinski definition) is 2. The predicted octanol–water partition coefficient (Wildman–Crippen LogP) is 4.18. The van der Waals surface area contributed by atoms with Crippen molar-refractivity contribution in [2.45, 2.75) is 38.4 Å². The minimum Gasteiger partial charge on any atom is -0.398 e. The molecule has 0 unspecified atom stereocenters. The van der Waals surface area contributed by atoms with Gasteiger partial charge in [0, 0.05) is 25.7 Å². The lowest BCUT2D eigenvalue weighted by Crippen LogP contribution is -2.39. The standard InChI is InChI=1S/C20H25ClF3N5O/c21-18-14(6-5-7-15(18)25)13-29(11-10-28-8-3-1-2-4-9-28)19(30)16-12-17(27-26-16)20(22,23)24/h5-7,12H,1-4,8-11,13,25H2,(H,26,27). The molecule has 2 heterocycles. The summed E-state index contributed by atoms with van der Waals surface area (Å²) in [5.41, 5.74) is 5.54. The van der Waals surface area contributed by atoms with Crippen LogP contribution in [-0.2, 0) is 12.7 Å². The molecule has 0 aliphatic carbocycles. The van der Waals surface area contributed by atoms with E-state index < -0.39 is 17.8 Å². The number of aromatic amines is 1. The molecular weight excluding hydrogens is 419 g/mol. The molecule has 30 heavy (non-hydrogen) atoms. The number of alkyl halides is 3. The number of benzene rings is 1. The number of amides is 1. The number of rotatable bonds is 6. The lowest BCUT2D eigenvalue weighted by atomic mass is 10.1. The zero-order valence-corrected chi connectivity index (χ0v) is 17.3. The average molecular weight is 444 g/mol. The topological polar surface area (TPSA) is 78.2 Å². The van der Waals surface area contributed by atoms with E-state index in [1.807, 2.05) is 5.10 Å². The van der Waals surface area contributed by atoms with Gasteiger partial charge in [0.15, 0.2) is 5.69 Å². The number of nitrogen functional groups attached to an aromatic ring is 1. The highest BCUT2D eigenvalue weighted by atomic mass is 35.5. The Hall–Kier alpha value is -2.26. The lowest BCUT2D eigenvalue weighted by Gasteiger charge is -2.27. The monoisotopic (exact) mass is 443 g/mol. The van der Waals surface area contributed by atoms with Crippen LogP contribution in [0.3, 0.4) is 0 Å². The molecule has 164 valence electrons. The largest absolute Gasteiger partial charge is 0.432 e. The Balaban J connectivity index is 1.79. The molecule has 1 fully saturated rings. The Morgan fingerprint density at radius 1 is 1.23 bits per heavy atom. The van der Waals surface area contributed by atoms with Crippen LogP contribution in [0.15, 0.2) is 24.3 Å². The van der Waals surface area contributed by atoms with Gasteiger partial charge in [-0.3, -0.25) is 9.89 Å². The zero-order chi connectivity index (χ0) is 21.7. The number of H-pyrrole nitrogens is 1. The molecule has 3 rings (SSSR count). The van der Waals surface area contributed by atoms with Crippen LogP contribution >= 0.6 is 11.6 Å². The quantitative estimate of drug-likeness (QED) is 0.656. The highest BCUT2D eigenvalue weighted by Crippen LogP contribution is 2.28. The van der Waals surface area contributed by atoms with Crippen molar-refractivity contribution in [2.24, 2.45) is 0 Å². The summed E-state index contributed by atoms with van der Waals surface area (Å²) in [4.78, 5) is 16.8. The number of aromatic nitrogens is 2. The van der Waals surface area contributed by atoms with Gasteiger partial charge in [-0.15, -0.1) is 0 Å². The Morgan fingerprint density at radius 3 is 2.57 bits per heavy atom. The van der Waals surface area contributed by atoms with E-state index in [-0.39, 0.29) is 12.2 Å². The first-order chi connectivity index (χ1) is 14.3. The van der Waals surface area contributed by atoms with Gasteiger partial charge in [0.25, 0.3) is 5.91 Å². The summed E-state index contributed by atoms with van der Waals surface area (Å²) in [6, 6.07) is 5.86. The Labute approximate surface area is 178 Å². The van der Waals surface area contributed by atoms with Crippen molar-refractivity contribution in [3.63, 3.8) is 0 Å². The van der Waals surface area contributed by atoms with Gasteiger partial charge in [-0.05, 0) is 37.6 Å². The number of carbonyl (C=O) groups excluding carboxylic acids is 1. The smallest absolute Gasteiger partial charge is 0.398 e. The molecule has 10 heteroatoms. The maximum atomic E-state index is 13.0. The van der Waals surface area contributed by atoms with E-state index >= 15 is 0 Å². The van der Waals surface area contributed by atoms with Gasteiger partial charge >= 0.3 is 6.18 Å². The van der Waals surface area contributed by atoms with Crippen LogP contribution in [0.2, 0.25) is 5.02 Å². The minimum absolute atomic E-state index is 0.130. The Morgan fingerprint density at radius 2 is 1.93 bits per heavy atom. The molecule has 1 aromatic heterocycles. The lowest BCUT2D eigenvalue weighted by molar-refractivity contribution is -0.141. The SMILES string of the molecule is Nc1cccc(CN(CCN2CCCCCC2)C(=O)c2cc(C(F)(F)F)[nH]n2)c1Cl. The molecule has 2 aromatic rings. The third-order valence-electron chi connectivity index (χ3n) is 5.24. The summed E-state index contributed by atoms with van der Waals surface area (Å²) < 4.78 is 38.7. The zero-order valence-electron chi connectivity index (χ0n) is 16.5. The molecule has 0 saturated carbocycles. The second-order valence-corrected chi connectivity index (χ2v) is 7.85. The second-order valence-electron chi connectivity index (χ2n) is 7.47. The number of nitrogens with zero attached hydrogens (tertiary/aromatic N) is 3. The fourth-order valence-electron chi connectivity index (χ4n) is 3.54. The van der Waals surface area contributed by atoms with E-state index in [1.165, 1.54) is 17.7 Å². The summed E-state index contributed by atoms with van der Waals surface area (Å²) >= 11 is 6.28. The van der Waals surface area contributed by atoms with Crippen molar-refractivity contribution in [1.82, 2.24) is 20.0 Å². The molecule has 0 radical (unpaired) electrons. The van der Waals surface area contributed by atoms with Gasteiger partial charge in [-0.2, -0.15) is 18.3 Å². The molecule has 6 nitrogen and oxygen atoms in total. The third-order valence-corrected chi connectivity index (χ3v) is 5.71. The number of nitrogens with one attached hydrogen (secondary N) is 1. The second kappa shape index (κ2) is 9.70. The average Bonchev–Trinajstić information content (AvgIpc) is 3.07. The summed E-state index contributed by atoms with van der Waals surface area (Å²) in [5, 5.41) is 5.82. The maximum Gasteiger partial charge on any atom is 0.432 e.